The van der Waals surface area contributed by atoms with Gasteiger partial charge in [0.1, 0.15) is 11.9 Å². The molecule has 6 nitrogen and oxygen atoms in total. The molecule has 0 saturated heterocycles. The number of carbonyl (C=O) groups is 2. The Hall–Kier alpha value is -4.76. The van der Waals surface area contributed by atoms with Crippen molar-refractivity contribution in [3.8, 4) is 6.07 Å². The highest BCUT2D eigenvalue weighted by Gasteiger charge is 2.11. The van der Waals surface area contributed by atoms with Crippen molar-refractivity contribution in [2.75, 3.05) is 6.61 Å². The van der Waals surface area contributed by atoms with Crippen LogP contribution in [0.15, 0.2) is 97.3 Å². The summed E-state index contributed by atoms with van der Waals surface area (Å²) in [6, 6.07) is 28.9. The highest BCUT2D eigenvalue weighted by molar-refractivity contribution is 5.89. The molecule has 6 heteroatoms. The molecule has 184 valence electrons. The first-order valence-electron chi connectivity index (χ1n) is 12.1. The average Bonchev–Trinajstić information content (AvgIpc) is 3.34. The van der Waals surface area contributed by atoms with Crippen molar-refractivity contribution in [3.63, 3.8) is 0 Å². The van der Waals surface area contributed by atoms with Gasteiger partial charge < -0.3 is 9.30 Å². The number of fused-ring (bicyclic) bond motifs is 2. The van der Waals surface area contributed by atoms with Gasteiger partial charge in [0.25, 0.3) is 0 Å². The Balaban J connectivity index is 0.000000265. The standard InChI is InChI=1S/C22H20N2O3.C9H7N/c1-16(25)12-17-13-19-8-10-24(21(19)20(14-17)15-23)9-5-11-27-22(26)18-6-3-2-4-7-18;1-2-6-9-8(4-1)5-3-7-10-9/h2-4,6-8,10,13-14H,5,9,11-12H2,1H3;1-7H. The molecule has 0 saturated carbocycles. The minimum Gasteiger partial charge on any atom is -0.462 e. The van der Waals surface area contributed by atoms with Crippen molar-refractivity contribution in [1.29, 1.82) is 5.26 Å². The predicted octanol–water partition coefficient (Wildman–Crippen LogP) is 6.13. The molecule has 0 bridgehead atoms. The number of nitrogens with zero attached hydrogens (tertiary/aromatic N) is 3. The fourth-order valence-corrected chi connectivity index (χ4v) is 4.15. The highest BCUT2D eigenvalue weighted by Crippen LogP contribution is 2.23. The van der Waals surface area contributed by atoms with E-state index in [4.69, 9.17) is 4.74 Å². The van der Waals surface area contributed by atoms with Crippen molar-refractivity contribution in [3.05, 3.63) is 114 Å². The number of pyridine rings is 1. The van der Waals surface area contributed by atoms with Crippen LogP contribution in [0.4, 0.5) is 0 Å². The third-order valence-electron chi connectivity index (χ3n) is 5.79. The van der Waals surface area contributed by atoms with Crippen molar-refractivity contribution >= 4 is 33.6 Å². The molecule has 0 radical (unpaired) electrons. The Labute approximate surface area is 215 Å². The number of Topliss-reactive ketones (excluding diaryl/α,β-unsaturated/α-hetero) is 1. The molecule has 0 amide bonds. The zero-order valence-electron chi connectivity index (χ0n) is 20.6. The van der Waals surface area contributed by atoms with Crippen LogP contribution in [0, 0.1) is 11.3 Å². The monoisotopic (exact) mass is 489 g/mol. The molecular weight excluding hydrogens is 462 g/mol. The second kappa shape index (κ2) is 12.3. The quantitative estimate of drug-likeness (QED) is 0.203. The molecule has 0 atom stereocenters. The number of hydrogen-bond donors (Lipinski definition) is 0. The van der Waals surface area contributed by atoms with Crippen LogP contribution in [0.2, 0.25) is 0 Å². The molecule has 3 aromatic carbocycles. The second-order valence-corrected chi connectivity index (χ2v) is 8.63. The predicted molar refractivity (Wildman–Crippen MR) is 144 cm³/mol. The first-order chi connectivity index (χ1) is 18.0. The topological polar surface area (TPSA) is 85.0 Å². The normalized spacial score (nSPS) is 10.4. The lowest BCUT2D eigenvalue weighted by molar-refractivity contribution is -0.116. The van der Waals surface area contributed by atoms with Crippen LogP contribution in [0.3, 0.4) is 0 Å². The van der Waals surface area contributed by atoms with Gasteiger partial charge in [0.2, 0.25) is 0 Å². The number of para-hydroxylation sites is 1. The van der Waals surface area contributed by atoms with E-state index < -0.39 is 0 Å². The van der Waals surface area contributed by atoms with Crippen molar-refractivity contribution < 1.29 is 14.3 Å². The van der Waals surface area contributed by atoms with Crippen LogP contribution in [0.25, 0.3) is 21.8 Å². The zero-order chi connectivity index (χ0) is 26.0. The van der Waals surface area contributed by atoms with E-state index in [9.17, 15) is 14.9 Å². The van der Waals surface area contributed by atoms with Gasteiger partial charge in [-0.25, -0.2) is 4.79 Å². The molecule has 5 aromatic rings. The number of aryl methyl sites for hydroxylation is 1. The smallest absolute Gasteiger partial charge is 0.338 e. The van der Waals surface area contributed by atoms with Gasteiger partial charge in [-0.15, -0.1) is 0 Å². The Morgan fingerprint density at radius 1 is 0.946 bits per heavy atom. The van der Waals surface area contributed by atoms with E-state index in [2.05, 4.69) is 23.2 Å². The third kappa shape index (κ3) is 6.68. The summed E-state index contributed by atoms with van der Waals surface area (Å²) in [4.78, 5) is 27.5. The lowest BCUT2D eigenvalue weighted by Crippen LogP contribution is -2.08. The number of esters is 1. The molecule has 2 heterocycles. The number of aromatic nitrogens is 2. The third-order valence-corrected chi connectivity index (χ3v) is 5.79. The van der Waals surface area contributed by atoms with Crippen LogP contribution in [-0.4, -0.2) is 27.9 Å². The molecule has 2 aromatic heterocycles. The first-order valence-corrected chi connectivity index (χ1v) is 12.1. The van der Waals surface area contributed by atoms with E-state index in [0.29, 0.717) is 37.1 Å². The van der Waals surface area contributed by atoms with E-state index in [0.717, 1.165) is 22.0 Å². The largest absolute Gasteiger partial charge is 0.462 e. The minimum atomic E-state index is -0.334. The SMILES string of the molecule is CC(=O)Cc1cc(C#N)c2c(ccn2CCCOC(=O)c2ccccc2)c1.c1ccc2ncccc2c1. The van der Waals surface area contributed by atoms with Crippen LogP contribution < -0.4 is 0 Å². The summed E-state index contributed by atoms with van der Waals surface area (Å²) in [5, 5.41) is 11.6. The van der Waals surface area contributed by atoms with Gasteiger partial charge >= 0.3 is 5.97 Å². The van der Waals surface area contributed by atoms with Gasteiger partial charge in [-0.05, 0) is 61.4 Å². The van der Waals surface area contributed by atoms with E-state index >= 15 is 0 Å². The number of carbonyl (C=O) groups excluding carboxylic acids is 2. The van der Waals surface area contributed by atoms with E-state index in [-0.39, 0.29) is 11.8 Å². The number of ether oxygens (including phenoxy) is 1. The summed E-state index contributed by atoms with van der Waals surface area (Å²) in [7, 11) is 0. The maximum Gasteiger partial charge on any atom is 0.338 e. The van der Waals surface area contributed by atoms with Crippen LogP contribution in [-0.2, 0) is 22.5 Å². The summed E-state index contributed by atoms with van der Waals surface area (Å²) in [6.45, 7) is 2.47. The Bertz CT molecular complexity index is 1500. The molecule has 5 rings (SSSR count). The highest BCUT2D eigenvalue weighted by atomic mass is 16.5. The molecule has 37 heavy (non-hydrogen) atoms. The molecule has 0 aliphatic heterocycles. The molecule has 0 fully saturated rings. The summed E-state index contributed by atoms with van der Waals surface area (Å²) in [5.74, 6) is -0.266. The Morgan fingerprint density at radius 2 is 1.70 bits per heavy atom. The summed E-state index contributed by atoms with van der Waals surface area (Å²) >= 11 is 0. The number of ketones is 1. The summed E-state index contributed by atoms with van der Waals surface area (Å²) in [5.41, 5.74) is 3.84. The summed E-state index contributed by atoms with van der Waals surface area (Å²) < 4.78 is 7.29. The number of hydrogen-bond acceptors (Lipinski definition) is 5. The molecule has 0 N–H and O–H groups in total. The fraction of sp³-hybridized carbons (Fsp3) is 0.161. The molecular formula is C31H27N3O3. The van der Waals surface area contributed by atoms with Gasteiger partial charge in [0.15, 0.2) is 0 Å². The van der Waals surface area contributed by atoms with Crippen molar-refractivity contribution in [1.82, 2.24) is 9.55 Å². The van der Waals surface area contributed by atoms with Crippen molar-refractivity contribution in [2.45, 2.75) is 26.3 Å². The number of rotatable bonds is 7. The Morgan fingerprint density at radius 3 is 2.46 bits per heavy atom. The average molecular weight is 490 g/mol. The van der Waals surface area contributed by atoms with E-state index in [1.165, 1.54) is 12.3 Å². The van der Waals surface area contributed by atoms with Gasteiger partial charge in [-0.1, -0.05) is 42.5 Å². The molecule has 0 aliphatic rings. The maximum absolute atomic E-state index is 11.9. The maximum atomic E-state index is 11.9. The lowest BCUT2D eigenvalue weighted by Gasteiger charge is -2.09. The number of nitriles is 1. The first kappa shape index (κ1) is 25.3. The van der Waals surface area contributed by atoms with Crippen molar-refractivity contribution in [2.24, 2.45) is 0 Å². The van der Waals surface area contributed by atoms with Crippen LogP contribution in [0.5, 0.6) is 0 Å². The zero-order valence-corrected chi connectivity index (χ0v) is 20.6. The van der Waals surface area contributed by atoms with E-state index in [1.807, 2.05) is 59.4 Å². The minimum absolute atomic E-state index is 0.0675. The van der Waals surface area contributed by atoms with Gasteiger partial charge in [-0.2, -0.15) is 5.26 Å². The summed E-state index contributed by atoms with van der Waals surface area (Å²) in [6.07, 6.45) is 4.69. The van der Waals surface area contributed by atoms with Gasteiger partial charge in [0.05, 0.1) is 28.8 Å². The van der Waals surface area contributed by atoms with Crippen LogP contribution >= 0.6 is 0 Å². The Kier molecular flexibility index (Phi) is 8.41. The number of benzene rings is 3. The molecule has 0 aliphatic carbocycles. The molecule has 0 unspecified atom stereocenters. The van der Waals surface area contributed by atoms with Gasteiger partial charge in [-0.3, -0.25) is 9.78 Å². The second-order valence-electron chi connectivity index (χ2n) is 8.63. The molecule has 0 spiro atoms. The van der Waals surface area contributed by atoms with Gasteiger partial charge in [0, 0.05) is 36.1 Å². The van der Waals surface area contributed by atoms with E-state index in [1.54, 1.807) is 30.3 Å². The fourth-order valence-electron chi connectivity index (χ4n) is 4.15. The van der Waals surface area contributed by atoms with Crippen LogP contribution in [0.1, 0.15) is 34.8 Å². The lowest BCUT2D eigenvalue weighted by atomic mass is 10.0.